The number of nitrogens with zero attached hydrogens (tertiary/aromatic N) is 1. The molecular weight excluding hydrogens is 430 g/mol. The van der Waals surface area contributed by atoms with Gasteiger partial charge in [-0.1, -0.05) is 29.8 Å². The van der Waals surface area contributed by atoms with E-state index in [1.807, 2.05) is 6.92 Å². The predicted molar refractivity (Wildman–Crippen MR) is 111 cm³/mol. The first kappa shape index (κ1) is 22.3. The Kier molecular flexibility index (Phi) is 8.27. The molecule has 1 aliphatic heterocycles. The quantitative estimate of drug-likeness (QED) is 0.625. The lowest BCUT2D eigenvalue weighted by Gasteiger charge is -2.36. The van der Waals surface area contributed by atoms with E-state index >= 15 is 0 Å². The first-order valence-electron chi connectivity index (χ1n) is 9.42. The van der Waals surface area contributed by atoms with Crippen molar-refractivity contribution >= 4 is 31.9 Å². The number of nitrogens with one attached hydrogen (secondary N) is 2. The number of halogens is 1. The van der Waals surface area contributed by atoms with Crippen LogP contribution in [0, 0.1) is 11.8 Å². The van der Waals surface area contributed by atoms with Crippen molar-refractivity contribution in [1.29, 1.82) is 0 Å². The van der Waals surface area contributed by atoms with Crippen molar-refractivity contribution in [3.63, 3.8) is 0 Å². The van der Waals surface area contributed by atoms with Crippen molar-refractivity contribution in [3.8, 4) is 0 Å². The number of hydrogen-bond donors (Lipinski definition) is 2. The minimum absolute atomic E-state index is 0.0399. The van der Waals surface area contributed by atoms with Crippen molar-refractivity contribution in [2.75, 3.05) is 26.2 Å². The number of rotatable bonds is 8. The Morgan fingerprint density at radius 3 is 2.41 bits per heavy atom. The van der Waals surface area contributed by atoms with E-state index in [0.29, 0.717) is 11.8 Å². The summed E-state index contributed by atoms with van der Waals surface area (Å²) in [6.07, 6.45) is 1.38. The van der Waals surface area contributed by atoms with Crippen molar-refractivity contribution in [2.24, 2.45) is 11.8 Å². The molecule has 6 nitrogen and oxygen atoms in total. The first-order chi connectivity index (χ1) is 12.7. The molecule has 3 atom stereocenters. The highest BCUT2D eigenvalue weighted by Gasteiger charge is 2.23. The van der Waals surface area contributed by atoms with Crippen molar-refractivity contribution in [1.82, 2.24) is 14.9 Å². The van der Waals surface area contributed by atoms with Gasteiger partial charge in [0.15, 0.2) is 0 Å². The number of benzene rings is 1. The zero-order valence-corrected chi connectivity index (χ0v) is 18.6. The number of sulfonamides is 1. The van der Waals surface area contributed by atoms with Gasteiger partial charge in [-0.3, -0.25) is 4.79 Å². The van der Waals surface area contributed by atoms with Crippen molar-refractivity contribution in [2.45, 2.75) is 44.6 Å². The SMILES string of the molecule is CC1CC(C)CN(CC(C)NC(=O)CCNS(=O)(=O)c2ccc(Br)cc2)C1. The van der Waals surface area contributed by atoms with Crippen LogP contribution in [0.1, 0.15) is 33.6 Å². The van der Waals surface area contributed by atoms with E-state index in [4.69, 9.17) is 0 Å². The summed E-state index contributed by atoms with van der Waals surface area (Å²) in [7, 11) is -3.60. The molecule has 0 aromatic heterocycles. The van der Waals surface area contributed by atoms with Crippen LogP contribution >= 0.6 is 15.9 Å². The van der Waals surface area contributed by atoms with E-state index in [2.05, 4.69) is 44.7 Å². The van der Waals surface area contributed by atoms with Gasteiger partial charge in [0.25, 0.3) is 0 Å². The molecule has 0 saturated carbocycles. The Bertz CT molecular complexity index is 714. The fraction of sp³-hybridized carbons (Fsp3) is 0.632. The molecular formula is C19H30BrN3O3S. The van der Waals surface area contributed by atoms with Gasteiger partial charge in [0.2, 0.25) is 15.9 Å². The standard InChI is InChI=1S/C19H30BrN3O3S/c1-14-10-15(2)12-23(11-14)13-16(3)22-19(24)8-9-21-27(25,26)18-6-4-17(20)5-7-18/h4-7,14-16,21H,8-13H2,1-3H3,(H,22,24). The molecule has 152 valence electrons. The highest BCUT2D eigenvalue weighted by Crippen LogP contribution is 2.20. The smallest absolute Gasteiger partial charge is 0.240 e. The molecule has 2 N–H and O–H groups in total. The second-order valence-electron chi connectivity index (χ2n) is 7.73. The molecule has 1 saturated heterocycles. The number of piperidine rings is 1. The summed E-state index contributed by atoms with van der Waals surface area (Å²) in [4.78, 5) is 14.7. The Morgan fingerprint density at radius 1 is 1.22 bits per heavy atom. The van der Waals surface area contributed by atoms with E-state index in [-0.39, 0.29) is 29.8 Å². The zero-order valence-electron chi connectivity index (χ0n) is 16.2. The third-order valence-corrected chi connectivity index (χ3v) is 6.66. The summed E-state index contributed by atoms with van der Waals surface area (Å²) in [5.74, 6) is 1.23. The summed E-state index contributed by atoms with van der Waals surface area (Å²) >= 11 is 3.28. The molecule has 0 radical (unpaired) electrons. The molecule has 0 aliphatic carbocycles. The van der Waals surface area contributed by atoms with E-state index in [1.165, 1.54) is 18.6 Å². The highest BCUT2D eigenvalue weighted by molar-refractivity contribution is 9.10. The van der Waals surface area contributed by atoms with Gasteiger partial charge in [-0.05, 0) is 49.4 Å². The highest BCUT2D eigenvalue weighted by atomic mass is 79.9. The van der Waals surface area contributed by atoms with Gasteiger partial charge in [-0.25, -0.2) is 13.1 Å². The Morgan fingerprint density at radius 2 is 1.81 bits per heavy atom. The van der Waals surface area contributed by atoms with Crippen LogP contribution < -0.4 is 10.0 Å². The van der Waals surface area contributed by atoms with Crippen LogP contribution in [0.15, 0.2) is 33.6 Å². The molecule has 8 heteroatoms. The van der Waals surface area contributed by atoms with Crippen LogP contribution in [0.25, 0.3) is 0 Å². The largest absolute Gasteiger partial charge is 0.352 e. The molecule has 1 heterocycles. The number of hydrogen-bond acceptors (Lipinski definition) is 4. The van der Waals surface area contributed by atoms with Gasteiger partial charge in [0, 0.05) is 43.1 Å². The molecule has 1 aromatic rings. The fourth-order valence-corrected chi connectivity index (χ4v) is 5.01. The normalized spacial score (nSPS) is 22.4. The maximum absolute atomic E-state index is 12.2. The van der Waals surface area contributed by atoms with E-state index in [1.54, 1.807) is 12.1 Å². The topological polar surface area (TPSA) is 78.5 Å². The molecule has 1 fully saturated rings. The maximum Gasteiger partial charge on any atom is 0.240 e. The van der Waals surface area contributed by atoms with E-state index in [0.717, 1.165) is 24.1 Å². The predicted octanol–water partition coefficient (Wildman–Crippen LogP) is 2.60. The number of carbonyl (C=O) groups excluding carboxylic acids is 1. The third-order valence-electron chi connectivity index (χ3n) is 4.65. The first-order valence-corrected chi connectivity index (χ1v) is 11.7. The third kappa shape index (κ3) is 7.52. The molecule has 3 unspecified atom stereocenters. The second kappa shape index (κ2) is 10.0. The minimum Gasteiger partial charge on any atom is -0.352 e. The molecule has 0 spiro atoms. The number of amides is 1. The van der Waals surface area contributed by atoms with Crippen LogP contribution in [0.3, 0.4) is 0 Å². The molecule has 0 bridgehead atoms. The molecule has 27 heavy (non-hydrogen) atoms. The molecule has 1 aliphatic rings. The lowest BCUT2D eigenvalue weighted by molar-refractivity contribution is -0.121. The van der Waals surface area contributed by atoms with Gasteiger partial charge in [0.1, 0.15) is 0 Å². The second-order valence-corrected chi connectivity index (χ2v) is 10.4. The van der Waals surface area contributed by atoms with E-state index < -0.39 is 10.0 Å². The van der Waals surface area contributed by atoms with Crippen LogP contribution in [0.5, 0.6) is 0 Å². The summed E-state index contributed by atoms with van der Waals surface area (Å²) < 4.78 is 27.7. The van der Waals surface area contributed by atoms with Gasteiger partial charge in [-0.15, -0.1) is 0 Å². The molecule has 1 amide bonds. The van der Waals surface area contributed by atoms with Crippen LogP contribution in [-0.4, -0.2) is 51.4 Å². The minimum atomic E-state index is -3.60. The van der Waals surface area contributed by atoms with Crippen LogP contribution in [0.4, 0.5) is 0 Å². The van der Waals surface area contributed by atoms with E-state index in [9.17, 15) is 13.2 Å². The average Bonchev–Trinajstić information content (AvgIpc) is 2.53. The fourth-order valence-electron chi connectivity index (χ4n) is 3.72. The number of likely N-dealkylation sites (tertiary alicyclic amines) is 1. The number of carbonyl (C=O) groups is 1. The lowest BCUT2D eigenvalue weighted by Crippen LogP contribution is -2.47. The van der Waals surface area contributed by atoms with Crippen LogP contribution in [-0.2, 0) is 14.8 Å². The van der Waals surface area contributed by atoms with Gasteiger partial charge >= 0.3 is 0 Å². The van der Waals surface area contributed by atoms with Gasteiger partial charge in [-0.2, -0.15) is 0 Å². The average molecular weight is 460 g/mol. The Hall–Kier alpha value is -0.960. The summed E-state index contributed by atoms with van der Waals surface area (Å²) in [5.41, 5.74) is 0. The Balaban J connectivity index is 1.73. The van der Waals surface area contributed by atoms with Gasteiger partial charge in [0.05, 0.1) is 4.90 Å². The van der Waals surface area contributed by atoms with Crippen LogP contribution in [0.2, 0.25) is 0 Å². The summed E-state index contributed by atoms with van der Waals surface area (Å²) in [6.45, 7) is 9.57. The monoisotopic (exact) mass is 459 g/mol. The Labute approximate surface area is 171 Å². The van der Waals surface area contributed by atoms with Gasteiger partial charge < -0.3 is 10.2 Å². The van der Waals surface area contributed by atoms with Crippen molar-refractivity contribution in [3.05, 3.63) is 28.7 Å². The lowest BCUT2D eigenvalue weighted by atomic mass is 9.92. The summed E-state index contributed by atoms with van der Waals surface area (Å²) in [5, 5.41) is 2.97. The summed E-state index contributed by atoms with van der Waals surface area (Å²) in [6, 6.07) is 6.43. The maximum atomic E-state index is 12.2. The molecule has 2 rings (SSSR count). The zero-order chi connectivity index (χ0) is 20.0. The molecule has 1 aromatic carbocycles. The van der Waals surface area contributed by atoms with Crippen molar-refractivity contribution < 1.29 is 13.2 Å².